The van der Waals surface area contributed by atoms with Gasteiger partial charge in [-0.05, 0) is 36.3 Å². The molecule has 0 aliphatic carbocycles. The van der Waals surface area contributed by atoms with Crippen LogP contribution in [0.4, 0.5) is 5.13 Å². The van der Waals surface area contributed by atoms with E-state index in [1.807, 2.05) is 17.5 Å². The molecule has 0 spiro atoms. The lowest BCUT2D eigenvalue weighted by molar-refractivity contribution is -0.119. The van der Waals surface area contributed by atoms with E-state index < -0.39 is 16.1 Å². The standard InChI is InChI=1S/C20H21N3O3S3/c1-2-14-7-9-15(10-8-14)16-13-28-20(21-16)22-19(24)17-5-3-11-23(17)29(25,26)18-6-4-12-27-18/h4,6-10,12-13,17H,2-3,5,11H2,1H3,(H,21,22,24). The number of nitrogens with one attached hydrogen (secondary N) is 1. The van der Waals surface area contributed by atoms with E-state index in [0.717, 1.165) is 17.7 Å². The van der Waals surface area contributed by atoms with Crippen LogP contribution in [0.25, 0.3) is 11.3 Å². The number of aromatic nitrogens is 1. The number of aryl methyl sites for hydroxylation is 1. The summed E-state index contributed by atoms with van der Waals surface area (Å²) in [6.07, 6.45) is 2.15. The summed E-state index contributed by atoms with van der Waals surface area (Å²) in [4.78, 5) is 17.3. The Hall–Kier alpha value is -2.07. The molecule has 4 rings (SSSR count). The summed E-state index contributed by atoms with van der Waals surface area (Å²) in [5.41, 5.74) is 3.04. The Morgan fingerprint density at radius 1 is 1.24 bits per heavy atom. The average molecular weight is 448 g/mol. The number of sulfonamides is 1. The van der Waals surface area contributed by atoms with Gasteiger partial charge < -0.3 is 5.32 Å². The first-order chi connectivity index (χ1) is 14.0. The zero-order chi connectivity index (χ0) is 20.4. The first kappa shape index (κ1) is 20.2. The normalized spacial score (nSPS) is 17.5. The summed E-state index contributed by atoms with van der Waals surface area (Å²) >= 11 is 2.51. The zero-order valence-electron chi connectivity index (χ0n) is 15.9. The summed E-state index contributed by atoms with van der Waals surface area (Å²) in [7, 11) is -3.65. The van der Waals surface area contributed by atoms with Crippen LogP contribution < -0.4 is 5.32 Å². The fraction of sp³-hybridized carbons (Fsp3) is 0.300. The highest BCUT2D eigenvalue weighted by atomic mass is 32.2. The van der Waals surface area contributed by atoms with E-state index in [1.54, 1.807) is 17.5 Å². The van der Waals surface area contributed by atoms with Crippen LogP contribution in [0.15, 0.2) is 51.4 Å². The second-order valence-electron chi connectivity index (χ2n) is 6.78. The maximum Gasteiger partial charge on any atom is 0.253 e. The van der Waals surface area contributed by atoms with Crippen LogP contribution in [-0.2, 0) is 21.2 Å². The molecule has 6 nitrogen and oxygen atoms in total. The zero-order valence-corrected chi connectivity index (χ0v) is 18.3. The highest BCUT2D eigenvalue weighted by Crippen LogP contribution is 2.30. The summed E-state index contributed by atoms with van der Waals surface area (Å²) in [6.45, 7) is 2.46. The third kappa shape index (κ3) is 4.13. The predicted molar refractivity (Wildman–Crippen MR) is 117 cm³/mol. The molecule has 9 heteroatoms. The molecular weight excluding hydrogens is 426 g/mol. The van der Waals surface area contributed by atoms with Gasteiger partial charge in [0.2, 0.25) is 5.91 Å². The number of thiazole rings is 1. The molecule has 2 aromatic heterocycles. The van der Waals surface area contributed by atoms with Crippen molar-refractivity contribution in [1.29, 1.82) is 0 Å². The molecule has 1 aliphatic heterocycles. The highest BCUT2D eigenvalue weighted by Gasteiger charge is 2.40. The molecule has 152 valence electrons. The molecule has 1 saturated heterocycles. The highest BCUT2D eigenvalue weighted by molar-refractivity contribution is 7.91. The minimum Gasteiger partial charge on any atom is -0.301 e. The summed E-state index contributed by atoms with van der Waals surface area (Å²) in [5.74, 6) is -0.329. The van der Waals surface area contributed by atoms with Crippen molar-refractivity contribution in [3.05, 3.63) is 52.7 Å². The number of carbonyl (C=O) groups excluding carboxylic acids is 1. The molecule has 1 aliphatic rings. The Kier molecular flexibility index (Phi) is 5.82. The van der Waals surface area contributed by atoms with Gasteiger partial charge in [0.1, 0.15) is 10.3 Å². The van der Waals surface area contributed by atoms with Gasteiger partial charge in [0, 0.05) is 17.5 Å². The largest absolute Gasteiger partial charge is 0.301 e. The van der Waals surface area contributed by atoms with Crippen molar-refractivity contribution in [3.8, 4) is 11.3 Å². The van der Waals surface area contributed by atoms with Gasteiger partial charge in [-0.15, -0.1) is 22.7 Å². The van der Waals surface area contributed by atoms with Gasteiger partial charge in [-0.2, -0.15) is 4.31 Å². The van der Waals surface area contributed by atoms with Crippen molar-refractivity contribution in [2.45, 2.75) is 36.4 Å². The molecule has 3 heterocycles. The maximum atomic E-state index is 12.8. The quantitative estimate of drug-likeness (QED) is 0.613. The molecule has 1 amide bonds. The monoisotopic (exact) mass is 447 g/mol. The van der Waals surface area contributed by atoms with Gasteiger partial charge in [0.15, 0.2) is 5.13 Å². The molecule has 1 N–H and O–H groups in total. The van der Waals surface area contributed by atoms with Crippen LogP contribution in [0.3, 0.4) is 0 Å². The molecule has 29 heavy (non-hydrogen) atoms. The number of hydrogen-bond donors (Lipinski definition) is 1. The molecular formula is C20H21N3O3S3. The van der Waals surface area contributed by atoms with E-state index in [2.05, 4.69) is 29.4 Å². The van der Waals surface area contributed by atoms with Gasteiger partial charge in [0.25, 0.3) is 10.0 Å². The molecule has 0 saturated carbocycles. The topological polar surface area (TPSA) is 79.4 Å². The number of anilines is 1. The van der Waals surface area contributed by atoms with Crippen molar-refractivity contribution in [1.82, 2.24) is 9.29 Å². The van der Waals surface area contributed by atoms with Crippen LogP contribution >= 0.6 is 22.7 Å². The van der Waals surface area contributed by atoms with Crippen molar-refractivity contribution in [3.63, 3.8) is 0 Å². The summed E-state index contributed by atoms with van der Waals surface area (Å²) in [5, 5.41) is 6.91. The van der Waals surface area contributed by atoms with E-state index in [4.69, 9.17) is 0 Å². The molecule has 1 aromatic carbocycles. The van der Waals surface area contributed by atoms with E-state index >= 15 is 0 Å². The van der Waals surface area contributed by atoms with Crippen LogP contribution in [0.5, 0.6) is 0 Å². The van der Waals surface area contributed by atoms with E-state index in [9.17, 15) is 13.2 Å². The van der Waals surface area contributed by atoms with Gasteiger partial charge in [-0.3, -0.25) is 4.79 Å². The lowest BCUT2D eigenvalue weighted by Crippen LogP contribution is -2.42. The van der Waals surface area contributed by atoms with Gasteiger partial charge in [-0.1, -0.05) is 37.3 Å². The second-order valence-corrected chi connectivity index (χ2v) is 10.7. The number of thiophene rings is 1. The fourth-order valence-electron chi connectivity index (χ4n) is 3.38. The predicted octanol–water partition coefficient (Wildman–Crippen LogP) is 4.23. The van der Waals surface area contributed by atoms with Gasteiger partial charge in [-0.25, -0.2) is 13.4 Å². The molecule has 1 fully saturated rings. The third-order valence-corrected chi connectivity index (χ3v) is 9.00. The van der Waals surface area contributed by atoms with E-state index in [1.165, 1.54) is 32.5 Å². The Morgan fingerprint density at radius 3 is 2.72 bits per heavy atom. The van der Waals surface area contributed by atoms with E-state index in [-0.39, 0.29) is 10.1 Å². The summed E-state index contributed by atoms with van der Waals surface area (Å²) < 4.78 is 27.3. The number of amides is 1. The number of rotatable bonds is 6. The molecule has 1 unspecified atom stereocenters. The Balaban J connectivity index is 1.48. The first-order valence-electron chi connectivity index (χ1n) is 9.40. The van der Waals surface area contributed by atoms with Gasteiger partial charge in [0.05, 0.1) is 5.69 Å². The number of carbonyl (C=O) groups is 1. The molecule has 0 bridgehead atoms. The number of hydrogen-bond acceptors (Lipinski definition) is 6. The Labute approximate surface area is 178 Å². The van der Waals surface area contributed by atoms with Crippen LogP contribution in [0, 0.1) is 0 Å². The fourth-order valence-corrected chi connectivity index (χ4v) is 6.88. The lowest BCUT2D eigenvalue weighted by Gasteiger charge is -2.22. The number of nitrogens with zero attached hydrogens (tertiary/aromatic N) is 2. The van der Waals surface area contributed by atoms with Crippen LogP contribution in [0.1, 0.15) is 25.3 Å². The van der Waals surface area contributed by atoms with Crippen molar-refractivity contribution in [2.24, 2.45) is 0 Å². The lowest BCUT2D eigenvalue weighted by atomic mass is 10.1. The smallest absolute Gasteiger partial charge is 0.253 e. The summed E-state index contributed by atoms with van der Waals surface area (Å²) in [6, 6.07) is 10.7. The second kappa shape index (κ2) is 8.35. The molecule has 1 atom stereocenters. The SMILES string of the molecule is CCc1ccc(-c2csc(NC(=O)C3CCCN3S(=O)(=O)c3cccs3)n2)cc1. The van der Waals surface area contributed by atoms with E-state index in [0.29, 0.717) is 24.5 Å². The van der Waals surface area contributed by atoms with Gasteiger partial charge >= 0.3 is 0 Å². The Morgan fingerprint density at radius 2 is 2.03 bits per heavy atom. The average Bonchev–Trinajstić information content (AvgIpc) is 3.49. The van der Waals surface area contributed by atoms with Crippen LogP contribution in [-0.4, -0.2) is 36.2 Å². The minimum atomic E-state index is -3.65. The Bertz CT molecular complexity index is 1090. The molecule has 0 radical (unpaired) electrons. The maximum absolute atomic E-state index is 12.8. The number of benzene rings is 1. The minimum absolute atomic E-state index is 0.268. The van der Waals surface area contributed by atoms with Crippen LogP contribution in [0.2, 0.25) is 0 Å². The van der Waals surface area contributed by atoms with Crippen molar-refractivity contribution >= 4 is 43.7 Å². The van der Waals surface area contributed by atoms with Crippen molar-refractivity contribution in [2.75, 3.05) is 11.9 Å². The molecule has 3 aromatic rings. The van der Waals surface area contributed by atoms with Crippen molar-refractivity contribution < 1.29 is 13.2 Å². The first-order valence-corrected chi connectivity index (χ1v) is 12.6. The third-order valence-electron chi connectivity index (χ3n) is 4.96.